The molecule has 0 amide bonds. The summed E-state index contributed by atoms with van der Waals surface area (Å²) in [5.74, 6) is 0. The summed E-state index contributed by atoms with van der Waals surface area (Å²) in [6, 6.07) is 11.3. The topological polar surface area (TPSA) is 57.8 Å². The van der Waals surface area contributed by atoms with E-state index < -0.39 is 0 Å². The van der Waals surface area contributed by atoms with Crippen molar-refractivity contribution in [1.29, 1.82) is 0 Å². The summed E-state index contributed by atoms with van der Waals surface area (Å²) in [4.78, 5) is 19.5. The molecule has 6 heteroatoms. The van der Waals surface area contributed by atoms with E-state index in [0.717, 1.165) is 27.7 Å². The Balaban J connectivity index is 1.67. The molecule has 2 N–H and O–H groups in total. The average molecular weight is 356 g/mol. The maximum Gasteiger partial charge on any atom is 0.253 e. The molecule has 0 fully saturated rings. The second kappa shape index (κ2) is 5.92. The largest absolute Gasteiger partial charge is 0.380 e. The SMILES string of the molecule is Cc1c(NCc2cc3cc(Cl)ccc3[nH]c2=O)ccc2ncsc12. The van der Waals surface area contributed by atoms with Crippen LogP contribution in [0.25, 0.3) is 21.1 Å². The number of H-pyrrole nitrogens is 1. The van der Waals surface area contributed by atoms with Crippen LogP contribution in [0.15, 0.2) is 46.7 Å². The lowest BCUT2D eigenvalue weighted by Gasteiger charge is -2.10. The van der Waals surface area contributed by atoms with Gasteiger partial charge in [-0.15, -0.1) is 11.3 Å². The number of fused-ring (bicyclic) bond motifs is 2. The van der Waals surface area contributed by atoms with Crippen molar-refractivity contribution in [3.63, 3.8) is 0 Å². The van der Waals surface area contributed by atoms with Gasteiger partial charge in [0.25, 0.3) is 5.56 Å². The lowest BCUT2D eigenvalue weighted by molar-refractivity contribution is 1.09. The van der Waals surface area contributed by atoms with Crippen LogP contribution in [-0.4, -0.2) is 9.97 Å². The Kier molecular flexibility index (Phi) is 3.75. The van der Waals surface area contributed by atoms with Gasteiger partial charge in [-0.1, -0.05) is 11.6 Å². The Morgan fingerprint density at radius 1 is 1.25 bits per heavy atom. The molecule has 4 nitrogen and oxygen atoms in total. The number of nitrogens with one attached hydrogen (secondary N) is 2. The number of pyridine rings is 1. The van der Waals surface area contributed by atoms with Crippen LogP contribution in [0, 0.1) is 6.92 Å². The summed E-state index contributed by atoms with van der Waals surface area (Å²) >= 11 is 7.66. The van der Waals surface area contributed by atoms with Gasteiger partial charge >= 0.3 is 0 Å². The number of halogens is 1. The Hall–Kier alpha value is -2.37. The van der Waals surface area contributed by atoms with Gasteiger partial charge in [0.2, 0.25) is 0 Å². The Bertz CT molecular complexity index is 1120. The van der Waals surface area contributed by atoms with Gasteiger partial charge in [0.05, 0.1) is 15.7 Å². The van der Waals surface area contributed by atoms with E-state index >= 15 is 0 Å². The number of hydrogen-bond donors (Lipinski definition) is 2. The summed E-state index contributed by atoms with van der Waals surface area (Å²) in [5, 5.41) is 4.93. The number of hydrogen-bond acceptors (Lipinski definition) is 4. The van der Waals surface area contributed by atoms with Crippen LogP contribution in [0.3, 0.4) is 0 Å². The van der Waals surface area contributed by atoms with Crippen LogP contribution in [0.1, 0.15) is 11.1 Å². The molecule has 2 aromatic heterocycles. The van der Waals surface area contributed by atoms with E-state index in [-0.39, 0.29) is 5.56 Å². The summed E-state index contributed by atoms with van der Waals surface area (Å²) in [6.07, 6.45) is 0. The third-order valence-electron chi connectivity index (χ3n) is 4.10. The van der Waals surface area contributed by atoms with E-state index in [1.54, 1.807) is 17.4 Å². The van der Waals surface area contributed by atoms with Gasteiger partial charge in [0, 0.05) is 33.7 Å². The first-order chi connectivity index (χ1) is 11.6. The van der Waals surface area contributed by atoms with Crippen LogP contribution < -0.4 is 10.9 Å². The van der Waals surface area contributed by atoms with E-state index in [2.05, 4.69) is 22.2 Å². The van der Waals surface area contributed by atoms with Gasteiger partial charge in [-0.25, -0.2) is 4.98 Å². The predicted octanol–water partition coefficient (Wildman–Crippen LogP) is 4.71. The van der Waals surface area contributed by atoms with Crippen LogP contribution in [0.2, 0.25) is 5.02 Å². The minimum Gasteiger partial charge on any atom is -0.380 e. The zero-order chi connectivity index (χ0) is 16.7. The lowest BCUT2D eigenvalue weighted by Crippen LogP contribution is -2.15. The summed E-state index contributed by atoms with van der Waals surface area (Å²) < 4.78 is 1.17. The first-order valence-corrected chi connectivity index (χ1v) is 8.76. The number of benzene rings is 2. The highest BCUT2D eigenvalue weighted by Crippen LogP contribution is 2.28. The highest BCUT2D eigenvalue weighted by molar-refractivity contribution is 7.17. The zero-order valence-corrected chi connectivity index (χ0v) is 14.5. The van der Waals surface area contributed by atoms with Crippen molar-refractivity contribution in [2.45, 2.75) is 13.5 Å². The second-order valence-electron chi connectivity index (χ2n) is 5.65. The smallest absolute Gasteiger partial charge is 0.253 e. The number of rotatable bonds is 3. The van der Waals surface area contributed by atoms with Crippen molar-refractivity contribution < 1.29 is 0 Å². The van der Waals surface area contributed by atoms with Crippen molar-refractivity contribution in [3.8, 4) is 0 Å². The molecular weight excluding hydrogens is 342 g/mol. The fraction of sp³-hybridized carbons (Fsp3) is 0.111. The molecule has 0 unspecified atom stereocenters. The van der Waals surface area contributed by atoms with Crippen LogP contribution >= 0.6 is 22.9 Å². The summed E-state index contributed by atoms with van der Waals surface area (Å²) in [5.41, 5.74) is 6.38. The van der Waals surface area contributed by atoms with E-state index in [0.29, 0.717) is 17.1 Å². The predicted molar refractivity (Wildman–Crippen MR) is 101 cm³/mol. The average Bonchev–Trinajstić information content (AvgIpc) is 3.04. The number of aromatic nitrogens is 2. The Labute approximate surface area is 147 Å². The van der Waals surface area contributed by atoms with Gasteiger partial charge in [-0.2, -0.15) is 0 Å². The number of thiazole rings is 1. The van der Waals surface area contributed by atoms with Crippen molar-refractivity contribution in [1.82, 2.24) is 9.97 Å². The second-order valence-corrected chi connectivity index (χ2v) is 6.94. The van der Waals surface area contributed by atoms with Gasteiger partial charge in [0.15, 0.2) is 0 Å². The Morgan fingerprint density at radius 3 is 3.00 bits per heavy atom. The van der Waals surface area contributed by atoms with E-state index in [9.17, 15) is 4.79 Å². The van der Waals surface area contributed by atoms with Crippen molar-refractivity contribution in [2.75, 3.05) is 5.32 Å². The maximum absolute atomic E-state index is 12.3. The summed E-state index contributed by atoms with van der Waals surface area (Å²) in [7, 11) is 0. The monoisotopic (exact) mass is 355 g/mol. The molecule has 0 aliphatic carbocycles. The van der Waals surface area contributed by atoms with Gasteiger partial charge < -0.3 is 10.3 Å². The molecule has 4 rings (SSSR count). The first-order valence-electron chi connectivity index (χ1n) is 7.50. The normalized spacial score (nSPS) is 11.2. The quantitative estimate of drug-likeness (QED) is 0.559. The summed E-state index contributed by atoms with van der Waals surface area (Å²) in [6.45, 7) is 2.51. The molecule has 0 aliphatic heterocycles. The fourth-order valence-corrected chi connectivity index (χ4v) is 3.78. The molecule has 0 bridgehead atoms. The molecular formula is C18H14ClN3OS. The molecule has 0 atom stereocenters. The highest BCUT2D eigenvalue weighted by Gasteiger charge is 2.08. The van der Waals surface area contributed by atoms with Crippen molar-refractivity contribution in [2.24, 2.45) is 0 Å². The minimum atomic E-state index is -0.0890. The lowest BCUT2D eigenvalue weighted by atomic mass is 10.1. The van der Waals surface area contributed by atoms with E-state index in [1.807, 2.05) is 35.8 Å². The Morgan fingerprint density at radius 2 is 2.12 bits per heavy atom. The number of anilines is 1. The first kappa shape index (κ1) is 15.2. The van der Waals surface area contributed by atoms with Crippen molar-refractivity contribution >= 4 is 49.7 Å². The third kappa shape index (κ3) is 2.66. The molecule has 0 saturated carbocycles. The third-order valence-corrected chi connectivity index (χ3v) is 5.30. The van der Waals surface area contributed by atoms with Gasteiger partial charge in [-0.3, -0.25) is 4.79 Å². The molecule has 0 aliphatic rings. The standard InChI is InChI=1S/C18H14ClN3OS/c1-10-14(4-5-16-17(10)24-9-21-16)20-8-12-6-11-7-13(19)2-3-15(11)22-18(12)23/h2-7,9,20H,8H2,1H3,(H,22,23). The van der Waals surface area contributed by atoms with E-state index in [1.165, 1.54) is 4.70 Å². The van der Waals surface area contributed by atoms with Crippen LogP contribution in [0.5, 0.6) is 0 Å². The number of nitrogens with zero attached hydrogens (tertiary/aromatic N) is 1. The molecule has 4 aromatic rings. The van der Waals surface area contributed by atoms with Crippen LogP contribution in [0.4, 0.5) is 5.69 Å². The van der Waals surface area contributed by atoms with Gasteiger partial charge in [-0.05, 0) is 48.9 Å². The fourth-order valence-electron chi connectivity index (χ4n) is 2.80. The van der Waals surface area contributed by atoms with Gasteiger partial charge in [0.1, 0.15) is 0 Å². The molecule has 2 heterocycles. The molecule has 0 radical (unpaired) electrons. The maximum atomic E-state index is 12.3. The molecule has 24 heavy (non-hydrogen) atoms. The molecule has 120 valence electrons. The molecule has 0 spiro atoms. The zero-order valence-electron chi connectivity index (χ0n) is 12.9. The minimum absolute atomic E-state index is 0.0890. The van der Waals surface area contributed by atoms with Crippen LogP contribution in [-0.2, 0) is 6.54 Å². The molecule has 2 aromatic carbocycles. The number of aromatic amines is 1. The number of aryl methyl sites for hydroxylation is 1. The molecule has 0 saturated heterocycles. The van der Waals surface area contributed by atoms with Crippen molar-refractivity contribution in [3.05, 3.63) is 68.4 Å². The van der Waals surface area contributed by atoms with E-state index in [4.69, 9.17) is 11.6 Å². The highest BCUT2D eigenvalue weighted by atomic mass is 35.5.